The van der Waals surface area contributed by atoms with Gasteiger partial charge in [0.25, 0.3) is 0 Å². The molecule has 0 aliphatic carbocycles. The van der Waals surface area contributed by atoms with Gasteiger partial charge >= 0.3 is 6.03 Å². The summed E-state index contributed by atoms with van der Waals surface area (Å²) in [6.07, 6.45) is 1.57. The standard InChI is InChI=1S/C19H24N2O3/c22-17-10-8-15(9-11-17)5-4-13-20-19(24)21-14-12-18(23)16-6-2-1-3-7-16/h1-3,6-11,18,22-23H,4-5,12-14H2,(H2,20,21,24). The van der Waals surface area contributed by atoms with E-state index in [1.807, 2.05) is 42.5 Å². The van der Waals surface area contributed by atoms with Gasteiger partial charge < -0.3 is 20.8 Å². The number of carbonyl (C=O) groups is 1. The highest BCUT2D eigenvalue weighted by molar-refractivity contribution is 5.73. The first-order valence-corrected chi connectivity index (χ1v) is 8.18. The van der Waals surface area contributed by atoms with E-state index in [1.54, 1.807) is 12.1 Å². The summed E-state index contributed by atoms with van der Waals surface area (Å²) in [7, 11) is 0. The van der Waals surface area contributed by atoms with Crippen LogP contribution in [0.4, 0.5) is 4.79 Å². The van der Waals surface area contributed by atoms with Gasteiger partial charge in [-0.15, -0.1) is 0 Å². The first kappa shape index (κ1) is 17.8. The number of aromatic hydroxyl groups is 1. The Morgan fingerprint density at radius 2 is 1.62 bits per heavy atom. The Morgan fingerprint density at radius 1 is 0.958 bits per heavy atom. The van der Waals surface area contributed by atoms with Crippen molar-refractivity contribution in [2.75, 3.05) is 13.1 Å². The Labute approximate surface area is 142 Å². The van der Waals surface area contributed by atoms with Crippen LogP contribution in [0.3, 0.4) is 0 Å². The van der Waals surface area contributed by atoms with E-state index in [-0.39, 0.29) is 11.8 Å². The molecule has 0 aliphatic rings. The van der Waals surface area contributed by atoms with Crippen molar-refractivity contribution < 1.29 is 15.0 Å². The first-order chi connectivity index (χ1) is 11.6. The van der Waals surface area contributed by atoms with Gasteiger partial charge in [0, 0.05) is 13.1 Å². The van der Waals surface area contributed by atoms with E-state index < -0.39 is 6.10 Å². The number of carbonyl (C=O) groups excluding carboxylic acids is 1. The molecule has 24 heavy (non-hydrogen) atoms. The minimum atomic E-state index is -0.569. The highest BCUT2D eigenvalue weighted by atomic mass is 16.3. The van der Waals surface area contributed by atoms with Crippen molar-refractivity contribution in [3.05, 3.63) is 65.7 Å². The van der Waals surface area contributed by atoms with Gasteiger partial charge in [-0.1, -0.05) is 42.5 Å². The maximum atomic E-state index is 11.7. The molecule has 5 nitrogen and oxygen atoms in total. The van der Waals surface area contributed by atoms with Crippen LogP contribution in [0.15, 0.2) is 54.6 Å². The van der Waals surface area contributed by atoms with E-state index >= 15 is 0 Å². The number of aliphatic hydroxyl groups is 1. The molecule has 1 atom stereocenters. The number of urea groups is 1. The molecule has 0 spiro atoms. The third-order valence-electron chi connectivity index (χ3n) is 3.75. The number of phenols is 1. The number of nitrogens with one attached hydrogen (secondary N) is 2. The molecule has 0 aromatic heterocycles. The number of benzene rings is 2. The summed E-state index contributed by atoms with van der Waals surface area (Å²) in [5, 5.41) is 24.8. The van der Waals surface area contributed by atoms with E-state index in [2.05, 4.69) is 10.6 Å². The zero-order valence-electron chi connectivity index (χ0n) is 13.6. The van der Waals surface area contributed by atoms with Gasteiger partial charge in [-0.05, 0) is 42.5 Å². The van der Waals surface area contributed by atoms with Crippen molar-refractivity contribution in [3.63, 3.8) is 0 Å². The largest absolute Gasteiger partial charge is 0.508 e. The second-order valence-electron chi connectivity index (χ2n) is 5.67. The van der Waals surface area contributed by atoms with Gasteiger partial charge in [0.1, 0.15) is 5.75 Å². The van der Waals surface area contributed by atoms with Gasteiger partial charge in [0.2, 0.25) is 0 Å². The fourth-order valence-electron chi connectivity index (χ4n) is 2.38. The van der Waals surface area contributed by atoms with Crippen LogP contribution in [-0.4, -0.2) is 29.3 Å². The Hall–Kier alpha value is -2.53. The second-order valence-corrected chi connectivity index (χ2v) is 5.67. The van der Waals surface area contributed by atoms with Crippen molar-refractivity contribution in [2.24, 2.45) is 0 Å². The zero-order valence-corrected chi connectivity index (χ0v) is 13.6. The molecule has 0 heterocycles. The lowest BCUT2D eigenvalue weighted by Gasteiger charge is -2.12. The highest BCUT2D eigenvalue weighted by Gasteiger charge is 2.07. The van der Waals surface area contributed by atoms with Crippen molar-refractivity contribution in [1.29, 1.82) is 0 Å². The van der Waals surface area contributed by atoms with Crippen LogP contribution >= 0.6 is 0 Å². The zero-order chi connectivity index (χ0) is 17.2. The van der Waals surface area contributed by atoms with E-state index in [0.29, 0.717) is 19.5 Å². The van der Waals surface area contributed by atoms with E-state index in [0.717, 1.165) is 24.0 Å². The predicted octanol–water partition coefficient (Wildman–Crippen LogP) is 2.75. The Bertz CT molecular complexity index is 614. The first-order valence-electron chi connectivity index (χ1n) is 8.18. The molecule has 2 aromatic carbocycles. The molecule has 2 aromatic rings. The molecule has 1 unspecified atom stereocenters. The molecule has 4 N–H and O–H groups in total. The summed E-state index contributed by atoms with van der Waals surface area (Å²) in [6, 6.07) is 16.3. The number of aryl methyl sites for hydroxylation is 1. The second kappa shape index (κ2) is 9.57. The molecular formula is C19H24N2O3. The number of hydrogen-bond acceptors (Lipinski definition) is 3. The predicted molar refractivity (Wildman–Crippen MR) is 93.8 cm³/mol. The fourth-order valence-corrected chi connectivity index (χ4v) is 2.38. The average molecular weight is 328 g/mol. The average Bonchev–Trinajstić information content (AvgIpc) is 2.61. The lowest BCUT2D eigenvalue weighted by atomic mass is 10.1. The summed E-state index contributed by atoms with van der Waals surface area (Å²) in [4.78, 5) is 11.7. The minimum Gasteiger partial charge on any atom is -0.508 e. The highest BCUT2D eigenvalue weighted by Crippen LogP contribution is 2.14. The summed E-state index contributed by atoms with van der Waals surface area (Å²) in [5.74, 6) is 0.258. The van der Waals surface area contributed by atoms with Crippen molar-refractivity contribution in [2.45, 2.75) is 25.4 Å². The molecule has 128 valence electrons. The van der Waals surface area contributed by atoms with Crippen molar-refractivity contribution in [1.82, 2.24) is 10.6 Å². The number of hydrogen-bond donors (Lipinski definition) is 4. The van der Waals surface area contributed by atoms with Crippen LogP contribution in [0.5, 0.6) is 5.75 Å². The molecule has 2 rings (SSSR count). The van der Waals surface area contributed by atoms with Crippen LogP contribution < -0.4 is 10.6 Å². The summed E-state index contributed by atoms with van der Waals surface area (Å²) in [6.45, 7) is 0.994. The maximum Gasteiger partial charge on any atom is 0.314 e. The van der Waals surface area contributed by atoms with E-state index in [9.17, 15) is 15.0 Å². The monoisotopic (exact) mass is 328 g/mol. The number of phenolic OH excluding ortho intramolecular Hbond substituents is 1. The molecule has 0 saturated carbocycles. The van der Waals surface area contributed by atoms with Crippen molar-refractivity contribution in [3.8, 4) is 5.75 Å². The molecular weight excluding hydrogens is 304 g/mol. The van der Waals surface area contributed by atoms with Gasteiger partial charge in [0.15, 0.2) is 0 Å². The van der Waals surface area contributed by atoms with Crippen LogP contribution in [0, 0.1) is 0 Å². The summed E-state index contributed by atoms with van der Waals surface area (Å²) >= 11 is 0. The van der Waals surface area contributed by atoms with Crippen LogP contribution in [0.2, 0.25) is 0 Å². The third-order valence-corrected chi connectivity index (χ3v) is 3.75. The normalized spacial score (nSPS) is 11.7. The summed E-state index contributed by atoms with van der Waals surface area (Å²) in [5.41, 5.74) is 1.98. The quantitative estimate of drug-likeness (QED) is 0.562. The van der Waals surface area contributed by atoms with Crippen molar-refractivity contribution >= 4 is 6.03 Å². The molecule has 5 heteroatoms. The minimum absolute atomic E-state index is 0.221. The number of amides is 2. The van der Waals surface area contributed by atoms with E-state index in [1.165, 1.54) is 0 Å². The third kappa shape index (κ3) is 6.30. The van der Waals surface area contributed by atoms with Crippen LogP contribution in [0.25, 0.3) is 0 Å². The Morgan fingerprint density at radius 3 is 2.33 bits per heavy atom. The maximum absolute atomic E-state index is 11.7. The van der Waals surface area contributed by atoms with Crippen LogP contribution in [0.1, 0.15) is 30.1 Å². The SMILES string of the molecule is O=C(NCCCc1ccc(O)cc1)NCCC(O)c1ccccc1. The molecule has 0 radical (unpaired) electrons. The van der Waals surface area contributed by atoms with Gasteiger partial charge in [0.05, 0.1) is 6.10 Å². The lowest BCUT2D eigenvalue weighted by Crippen LogP contribution is -2.37. The fraction of sp³-hybridized carbons (Fsp3) is 0.316. The van der Waals surface area contributed by atoms with Crippen LogP contribution in [-0.2, 0) is 6.42 Å². The van der Waals surface area contributed by atoms with Gasteiger partial charge in [-0.3, -0.25) is 0 Å². The Balaban J connectivity index is 1.56. The topological polar surface area (TPSA) is 81.6 Å². The molecule has 2 amide bonds. The van der Waals surface area contributed by atoms with E-state index in [4.69, 9.17) is 0 Å². The number of aliphatic hydroxyl groups excluding tert-OH is 1. The molecule has 0 fully saturated rings. The van der Waals surface area contributed by atoms with Gasteiger partial charge in [-0.25, -0.2) is 4.79 Å². The Kier molecular flexibility index (Phi) is 7.11. The van der Waals surface area contributed by atoms with Gasteiger partial charge in [-0.2, -0.15) is 0 Å². The molecule has 0 saturated heterocycles. The number of rotatable bonds is 8. The lowest BCUT2D eigenvalue weighted by molar-refractivity contribution is 0.167. The molecule has 0 aliphatic heterocycles. The molecule has 0 bridgehead atoms. The smallest absolute Gasteiger partial charge is 0.314 e. The summed E-state index contributed by atoms with van der Waals surface area (Å²) < 4.78 is 0.